The van der Waals surface area contributed by atoms with Gasteiger partial charge in [0.1, 0.15) is 12.3 Å². The molecule has 3 rings (SSSR count). The minimum absolute atomic E-state index is 0.136. The molecule has 1 aliphatic rings. The van der Waals surface area contributed by atoms with Crippen LogP contribution in [0.1, 0.15) is 16.1 Å². The maximum atomic E-state index is 12.5. The fraction of sp³-hybridized carbons (Fsp3) is 0.333. The lowest BCUT2D eigenvalue weighted by atomic mass is 10.2. The molecule has 144 valence electrons. The van der Waals surface area contributed by atoms with Crippen molar-refractivity contribution in [1.82, 2.24) is 14.2 Å². The van der Waals surface area contributed by atoms with E-state index >= 15 is 0 Å². The number of benzene rings is 1. The molecule has 1 saturated heterocycles. The average Bonchev–Trinajstić information content (AvgIpc) is 2.66. The number of nitrogens with zero attached hydrogens (tertiary/aromatic N) is 2. The standard InChI is InChI=1S/C18H21N3O5S/c1-27(24,25)21-9-7-20(8-10-21)18(23)15-11-16(22)17(12-19-15)26-13-14-5-3-2-4-6-14/h2-6,11-12H,7-10,13H2,1H3,(H,19,22). The molecule has 0 unspecified atom stereocenters. The van der Waals surface area contributed by atoms with E-state index < -0.39 is 10.0 Å². The molecule has 0 atom stereocenters. The molecule has 0 radical (unpaired) electrons. The Morgan fingerprint density at radius 2 is 1.81 bits per heavy atom. The summed E-state index contributed by atoms with van der Waals surface area (Å²) in [4.78, 5) is 29.1. The van der Waals surface area contributed by atoms with Crippen molar-refractivity contribution in [3.8, 4) is 5.75 Å². The van der Waals surface area contributed by atoms with E-state index in [1.165, 1.54) is 21.5 Å². The van der Waals surface area contributed by atoms with Crippen molar-refractivity contribution in [3.63, 3.8) is 0 Å². The van der Waals surface area contributed by atoms with Gasteiger partial charge in [-0.05, 0) is 5.56 Å². The number of hydrogen-bond donors (Lipinski definition) is 1. The third kappa shape index (κ3) is 4.75. The number of rotatable bonds is 5. The second-order valence-electron chi connectivity index (χ2n) is 6.30. The summed E-state index contributed by atoms with van der Waals surface area (Å²) >= 11 is 0. The van der Waals surface area contributed by atoms with Crippen LogP contribution in [0.25, 0.3) is 0 Å². The number of sulfonamides is 1. The maximum Gasteiger partial charge on any atom is 0.270 e. The number of aromatic amines is 1. The van der Waals surface area contributed by atoms with Gasteiger partial charge >= 0.3 is 0 Å². The second kappa shape index (κ2) is 7.93. The SMILES string of the molecule is CS(=O)(=O)N1CCN(C(=O)c2cc(=O)c(OCc3ccccc3)c[nH]2)CC1. The molecular formula is C18H21N3O5S. The van der Waals surface area contributed by atoms with Crippen LogP contribution in [-0.4, -0.2) is 60.9 Å². The summed E-state index contributed by atoms with van der Waals surface area (Å²) < 4.78 is 29.9. The largest absolute Gasteiger partial charge is 0.483 e. The molecule has 27 heavy (non-hydrogen) atoms. The molecule has 1 amide bonds. The molecule has 2 heterocycles. The Kier molecular flexibility index (Phi) is 5.62. The summed E-state index contributed by atoms with van der Waals surface area (Å²) in [5.41, 5.74) is 0.698. The number of carbonyl (C=O) groups excluding carboxylic acids is 1. The minimum Gasteiger partial charge on any atom is -0.483 e. The van der Waals surface area contributed by atoms with Gasteiger partial charge in [-0.25, -0.2) is 8.42 Å². The lowest BCUT2D eigenvalue weighted by Crippen LogP contribution is -2.50. The molecule has 1 aliphatic heterocycles. The zero-order valence-electron chi connectivity index (χ0n) is 14.9. The van der Waals surface area contributed by atoms with Crippen molar-refractivity contribution >= 4 is 15.9 Å². The monoisotopic (exact) mass is 391 g/mol. The first-order valence-electron chi connectivity index (χ1n) is 8.48. The number of aromatic nitrogens is 1. The molecule has 2 aromatic rings. The Labute approximate surface area is 157 Å². The molecule has 1 aromatic heterocycles. The number of amides is 1. The topological polar surface area (TPSA) is 99.8 Å². The van der Waals surface area contributed by atoms with Gasteiger partial charge in [-0.2, -0.15) is 4.31 Å². The van der Waals surface area contributed by atoms with E-state index in [2.05, 4.69) is 4.98 Å². The highest BCUT2D eigenvalue weighted by atomic mass is 32.2. The van der Waals surface area contributed by atoms with Crippen LogP contribution in [0.4, 0.5) is 0 Å². The predicted molar refractivity (Wildman–Crippen MR) is 100 cm³/mol. The van der Waals surface area contributed by atoms with Gasteiger partial charge in [-0.1, -0.05) is 30.3 Å². The van der Waals surface area contributed by atoms with Gasteiger partial charge in [-0.3, -0.25) is 9.59 Å². The third-order valence-corrected chi connectivity index (χ3v) is 5.64. The van der Waals surface area contributed by atoms with Crippen molar-refractivity contribution in [2.24, 2.45) is 0 Å². The zero-order valence-corrected chi connectivity index (χ0v) is 15.7. The lowest BCUT2D eigenvalue weighted by molar-refractivity contribution is 0.0692. The van der Waals surface area contributed by atoms with E-state index in [9.17, 15) is 18.0 Å². The summed E-state index contributed by atoms with van der Waals surface area (Å²) in [6, 6.07) is 10.7. The van der Waals surface area contributed by atoms with Gasteiger partial charge in [0.05, 0.1) is 6.26 Å². The lowest BCUT2D eigenvalue weighted by Gasteiger charge is -2.33. The molecule has 1 fully saturated rings. The van der Waals surface area contributed by atoms with Crippen LogP contribution in [0.5, 0.6) is 5.75 Å². The van der Waals surface area contributed by atoms with Gasteiger partial charge < -0.3 is 14.6 Å². The van der Waals surface area contributed by atoms with Crippen molar-refractivity contribution in [2.45, 2.75) is 6.61 Å². The molecule has 0 aliphatic carbocycles. The molecule has 1 aromatic carbocycles. The first-order valence-corrected chi connectivity index (χ1v) is 10.3. The highest BCUT2D eigenvalue weighted by Crippen LogP contribution is 2.11. The van der Waals surface area contributed by atoms with Crippen LogP contribution in [0, 0.1) is 0 Å². The molecule has 0 spiro atoms. The van der Waals surface area contributed by atoms with Crippen LogP contribution < -0.4 is 10.2 Å². The molecule has 9 heteroatoms. The quantitative estimate of drug-likeness (QED) is 0.808. The van der Waals surface area contributed by atoms with E-state index in [4.69, 9.17) is 4.74 Å². The number of piperazine rings is 1. The Hall–Kier alpha value is -2.65. The van der Waals surface area contributed by atoms with E-state index in [0.717, 1.165) is 11.8 Å². The Balaban J connectivity index is 1.63. The summed E-state index contributed by atoms with van der Waals surface area (Å²) in [5.74, 6) is -0.202. The molecular weight excluding hydrogens is 370 g/mol. The first-order chi connectivity index (χ1) is 12.8. The fourth-order valence-corrected chi connectivity index (χ4v) is 3.65. The normalized spacial score (nSPS) is 15.5. The van der Waals surface area contributed by atoms with E-state index in [-0.39, 0.29) is 55.6 Å². The predicted octanol–water partition coefficient (Wildman–Crippen LogP) is 0.671. The molecule has 0 bridgehead atoms. The Bertz CT molecular complexity index is 964. The number of ether oxygens (including phenoxy) is 1. The third-order valence-electron chi connectivity index (χ3n) is 4.34. The second-order valence-corrected chi connectivity index (χ2v) is 8.29. The molecule has 8 nitrogen and oxygen atoms in total. The number of pyridine rings is 1. The highest BCUT2D eigenvalue weighted by molar-refractivity contribution is 7.88. The zero-order chi connectivity index (χ0) is 19.4. The van der Waals surface area contributed by atoms with Crippen molar-refractivity contribution in [1.29, 1.82) is 0 Å². The van der Waals surface area contributed by atoms with Crippen LogP contribution in [0.3, 0.4) is 0 Å². The smallest absolute Gasteiger partial charge is 0.270 e. The van der Waals surface area contributed by atoms with Gasteiger partial charge in [0.25, 0.3) is 5.91 Å². The number of H-pyrrole nitrogens is 1. The summed E-state index contributed by atoms with van der Waals surface area (Å²) in [6.07, 6.45) is 2.53. The fourth-order valence-electron chi connectivity index (χ4n) is 2.82. The van der Waals surface area contributed by atoms with Gasteiger partial charge in [0, 0.05) is 38.4 Å². The minimum atomic E-state index is -3.26. The maximum absolute atomic E-state index is 12.5. The van der Waals surface area contributed by atoms with Gasteiger partial charge in [0.2, 0.25) is 15.5 Å². The van der Waals surface area contributed by atoms with Crippen molar-refractivity contribution in [3.05, 3.63) is 64.1 Å². The van der Waals surface area contributed by atoms with Crippen LogP contribution in [-0.2, 0) is 16.6 Å². The van der Waals surface area contributed by atoms with Crippen molar-refractivity contribution < 1.29 is 17.9 Å². The number of carbonyl (C=O) groups is 1. The molecule has 1 N–H and O–H groups in total. The Morgan fingerprint density at radius 3 is 2.41 bits per heavy atom. The van der Waals surface area contributed by atoms with Crippen LogP contribution in [0.2, 0.25) is 0 Å². The van der Waals surface area contributed by atoms with E-state index in [1.807, 2.05) is 30.3 Å². The Morgan fingerprint density at radius 1 is 1.15 bits per heavy atom. The summed E-state index contributed by atoms with van der Waals surface area (Å²) in [5, 5.41) is 0. The molecule has 0 saturated carbocycles. The summed E-state index contributed by atoms with van der Waals surface area (Å²) in [7, 11) is -3.26. The first kappa shape index (κ1) is 19.1. The highest BCUT2D eigenvalue weighted by Gasteiger charge is 2.27. The number of nitrogens with one attached hydrogen (secondary N) is 1. The van der Waals surface area contributed by atoms with Gasteiger partial charge in [0.15, 0.2) is 5.75 Å². The van der Waals surface area contributed by atoms with E-state index in [0.29, 0.717) is 0 Å². The van der Waals surface area contributed by atoms with E-state index in [1.54, 1.807) is 0 Å². The van der Waals surface area contributed by atoms with Crippen LogP contribution in [0.15, 0.2) is 47.4 Å². The van der Waals surface area contributed by atoms with Crippen LogP contribution >= 0.6 is 0 Å². The van der Waals surface area contributed by atoms with Crippen molar-refractivity contribution in [2.75, 3.05) is 32.4 Å². The number of hydrogen-bond acceptors (Lipinski definition) is 5. The average molecular weight is 391 g/mol. The summed E-state index contributed by atoms with van der Waals surface area (Å²) in [6.45, 7) is 1.30. The van der Waals surface area contributed by atoms with Gasteiger partial charge in [-0.15, -0.1) is 0 Å².